The average molecular weight is 250 g/mol. The first-order chi connectivity index (χ1) is 8.66. The summed E-state index contributed by atoms with van der Waals surface area (Å²) in [5.41, 5.74) is 0. The van der Waals surface area contributed by atoms with E-state index in [-0.39, 0.29) is 5.91 Å². The van der Waals surface area contributed by atoms with E-state index in [1.165, 1.54) is 0 Å². The van der Waals surface area contributed by atoms with Gasteiger partial charge in [0.15, 0.2) is 0 Å². The van der Waals surface area contributed by atoms with Gasteiger partial charge in [-0.3, -0.25) is 4.79 Å². The van der Waals surface area contributed by atoms with Gasteiger partial charge in [0.1, 0.15) is 5.76 Å². The van der Waals surface area contributed by atoms with Gasteiger partial charge in [0.2, 0.25) is 5.91 Å². The number of rotatable bonds is 7. The first kappa shape index (κ1) is 13.1. The topological polar surface area (TPSA) is 45.5 Å². The minimum atomic E-state index is 0.224. The van der Waals surface area contributed by atoms with Gasteiger partial charge in [-0.05, 0) is 25.0 Å². The number of hydrogen-bond donors (Lipinski definition) is 1. The molecule has 1 fully saturated rings. The van der Waals surface area contributed by atoms with Crippen LogP contribution in [0.2, 0.25) is 0 Å². The van der Waals surface area contributed by atoms with Crippen molar-refractivity contribution in [2.75, 3.05) is 6.54 Å². The molecule has 1 aromatic rings. The molecule has 0 saturated heterocycles. The zero-order valence-electron chi connectivity index (χ0n) is 11.2. The first-order valence-electron chi connectivity index (χ1n) is 6.72. The third kappa shape index (κ3) is 3.88. The molecule has 1 amide bonds. The van der Waals surface area contributed by atoms with E-state index in [0.29, 0.717) is 25.0 Å². The van der Waals surface area contributed by atoms with Gasteiger partial charge in [-0.1, -0.05) is 13.8 Å². The van der Waals surface area contributed by atoms with Gasteiger partial charge in [0, 0.05) is 25.0 Å². The zero-order valence-corrected chi connectivity index (χ0v) is 11.2. The molecular weight excluding hydrogens is 228 g/mol. The standard InChI is InChI=1S/C14H22N2O2/c1-11(2)15-8-7-14(17)16(12-5-6-12)10-13-4-3-9-18-13/h3-4,9,11-12,15H,5-8,10H2,1-2H3. The van der Waals surface area contributed by atoms with Crippen molar-refractivity contribution in [1.29, 1.82) is 0 Å². The second kappa shape index (κ2) is 6.05. The first-order valence-corrected chi connectivity index (χ1v) is 6.72. The summed E-state index contributed by atoms with van der Waals surface area (Å²) in [5.74, 6) is 1.09. The molecule has 1 N–H and O–H groups in total. The Labute approximate surface area is 108 Å². The van der Waals surface area contributed by atoms with Crippen molar-refractivity contribution in [2.45, 2.75) is 51.7 Å². The van der Waals surface area contributed by atoms with Crippen LogP contribution in [0.25, 0.3) is 0 Å². The van der Waals surface area contributed by atoms with Crippen molar-refractivity contribution in [3.63, 3.8) is 0 Å². The Morgan fingerprint density at radius 3 is 2.89 bits per heavy atom. The Hall–Kier alpha value is -1.29. The Balaban J connectivity index is 1.83. The predicted octanol–water partition coefficient (Wildman–Crippen LogP) is 2.16. The number of carbonyl (C=O) groups is 1. The molecule has 0 radical (unpaired) electrons. The van der Waals surface area contributed by atoms with E-state index >= 15 is 0 Å². The molecule has 1 saturated carbocycles. The predicted molar refractivity (Wildman–Crippen MR) is 70.0 cm³/mol. The SMILES string of the molecule is CC(C)NCCC(=O)N(Cc1ccco1)C1CC1. The smallest absolute Gasteiger partial charge is 0.224 e. The van der Waals surface area contributed by atoms with Gasteiger partial charge >= 0.3 is 0 Å². The largest absolute Gasteiger partial charge is 0.467 e. The molecule has 18 heavy (non-hydrogen) atoms. The Morgan fingerprint density at radius 2 is 2.33 bits per heavy atom. The van der Waals surface area contributed by atoms with Crippen LogP contribution in [0.1, 0.15) is 38.9 Å². The summed E-state index contributed by atoms with van der Waals surface area (Å²) < 4.78 is 5.33. The van der Waals surface area contributed by atoms with E-state index < -0.39 is 0 Å². The second-order valence-electron chi connectivity index (χ2n) is 5.19. The van der Waals surface area contributed by atoms with Crippen molar-refractivity contribution < 1.29 is 9.21 Å². The van der Waals surface area contributed by atoms with E-state index in [0.717, 1.165) is 25.1 Å². The van der Waals surface area contributed by atoms with Crippen molar-refractivity contribution in [1.82, 2.24) is 10.2 Å². The highest BCUT2D eigenvalue weighted by atomic mass is 16.3. The number of furan rings is 1. The van der Waals surface area contributed by atoms with Crippen LogP contribution in [0.5, 0.6) is 0 Å². The van der Waals surface area contributed by atoms with Gasteiger partial charge < -0.3 is 14.6 Å². The second-order valence-corrected chi connectivity index (χ2v) is 5.19. The number of nitrogens with zero attached hydrogens (tertiary/aromatic N) is 1. The van der Waals surface area contributed by atoms with E-state index in [1.54, 1.807) is 6.26 Å². The molecule has 0 aromatic carbocycles. The fourth-order valence-corrected chi connectivity index (χ4v) is 1.99. The maximum atomic E-state index is 12.2. The lowest BCUT2D eigenvalue weighted by molar-refractivity contribution is -0.132. The lowest BCUT2D eigenvalue weighted by Gasteiger charge is -2.21. The number of hydrogen-bond acceptors (Lipinski definition) is 3. The van der Waals surface area contributed by atoms with Crippen LogP contribution in [-0.2, 0) is 11.3 Å². The molecule has 1 aliphatic rings. The maximum absolute atomic E-state index is 12.2. The van der Waals surface area contributed by atoms with Crippen LogP contribution < -0.4 is 5.32 Å². The van der Waals surface area contributed by atoms with Gasteiger partial charge in [0.25, 0.3) is 0 Å². The summed E-state index contributed by atoms with van der Waals surface area (Å²) in [7, 11) is 0. The lowest BCUT2D eigenvalue weighted by atomic mass is 10.3. The summed E-state index contributed by atoms with van der Waals surface area (Å²) in [5, 5.41) is 3.28. The van der Waals surface area contributed by atoms with Gasteiger partial charge in [-0.15, -0.1) is 0 Å². The van der Waals surface area contributed by atoms with E-state index in [1.807, 2.05) is 17.0 Å². The quantitative estimate of drug-likeness (QED) is 0.806. The minimum absolute atomic E-state index is 0.224. The van der Waals surface area contributed by atoms with Crippen molar-refractivity contribution in [3.8, 4) is 0 Å². The van der Waals surface area contributed by atoms with Gasteiger partial charge in [-0.2, -0.15) is 0 Å². The number of nitrogens with one attached hydrogen (secondary N) is 1. The summed E-state index contributed by atoms with van der Waals surface area (Å²) in [4.78, 5) is 14.1. The minimum Gasteiger partial charge on any atom is -0.467 e. The third-order valence-electron chi connectivity index (χ3n) is 3.11. The Bertz CT molecular complexity index is 369. The van der Waals surface area contributed by atoms with E-state index in [9.17, 15) is 4.79 Å². The fraction of sp³-hybridized carbons (Fsp3) is 0.643. The van der Waals surface area contributed by atoms with Crippen LogP contribution in [0, 0.1) is 0 Å². The molecule has 100 valence electrons. The summed E-state index contributed by atoms with van der Waals surface area (Å²) in [6.45, 7) is 5.54. The number of amides is 1. The molecule has 0 aliphatic heterocycles. The molecule has 4 heteroatoms. The maximum Gasteiger partial charge on any atom is 0.224 e. The molecule has 2 rings (SSSR count). The summed E-state index contributed by atoms with van der Waals surface area (Å²) in [6.07, 6.45) is 4.48. The van der Waals surface area contributed by atoms with Crippen LogP contribution in [0.3, 0.4) is 0 Å². The van der Waals surface area contributed by atoms with E-state index in [4.69, 9.17) is 4.42 Å². The molecule has 1 aliphatic carbocycles. The zero-order chi connectivity index (χ0) is 13.0. The summed E-state index contributed by atoms with van der Waals surface area (Å²) >= 11 is 0. The molecular formula is C14H22N2O2. The van der Waals surface area contributed by atoms with Crippen molar-refractivity contribution in [2.24, 2.45) is 0 Å². The summed E-state index contributed by atoms with van der Waals surface area (Å²) in [6, 6.07) is 4.65. The van der Waals surface area contributed by atoms with Crippen LogP contribution in [0.4, 0.5) is 0 Å². The molecule has 1 heterocycles. The number of carbonyl (C=O) groups excluding carboxylic acids is 1. The average Bonchev–Trinajstić information content (AvgIpc) is 3.02. The van der Waals surface area contributed by atoms with Crippen molar-refractivity contribution >= 4 is 5.91 Å². The highest BCUT2D eigenvalue weighted by molar-refractivity contribution is 5.77. The van der Waals surface area contributed by atoms with Crippen LogP contribution in [0.15, 0.2) is 22.8 Å². The third-order valence-corrected chi connectivity index (χ3v) is 3.11. The van der Waals surface area contributed by atoms with Gasteiger partial charge in [-0.25, -0.2) is 0 Å². The molecule has 0 atom stereocenters. The molecule has 4 nitrogen and oxygen atoms in total. The molecule has 0 spiro atoms. The highest BCUT2D eigenvalue weighted by Crippen LogP contribution is 2.28. The fourth-order valence-electron chi connectivity index (χ4n) is 1.99. The Morgan fingerprint density at radius 1 is 1.56 bits per heavy atom. The molecule has 0 bridgehead atoms. The van der Waals surface area contributed by atoms with E-state index in [2.05, 4.69) is 19.2 Å². The van der Waals surface area contributed by atoms with Crippen LogP contribution >= 0.6 is 0 Å². The van der Waals surface area contributed by atoms with Gasteiger partial charge in [0.05, 0.1) is 12.8 Å². The Kier molecular flexibility index (Phi) is 4.42. The van der Waals surface area contributed by atoms with Crippen LogP contribution in [-0.4, -0.2) is 29.4 Å². The van der Waals surface area contributed by atoms with Crippen molar-refractivity contribution in [3.05, 3.63) is 24.2 Å². The normalized spacial score (nSPS) is 15.1. The molecule has 1 aromatic heterocycles. The lowest BCUT2D eigenvalue weighted by Crippen LogP contribution is -2.35. The highest BCUT2D eigenvalue weighted by Gasteiger charge is 2.32. The monoisotopic (exact) mass is 250 g/mol. The molecule has 0 unspecified atom stereocenters.